The van der Waals surface area contributed by atoms with Crippen LogP contribution in [0.4, 0.5) is 0 Å². The predicted molar refractivity (Wildman–Crippen MR) is 79.0 cm³/mol. The molecule has 0 saturated carbocycles. The van der Waals surface area contributed by atoms with Crippen molar-refractivity contribution in [3.05, 3.63) is 35.9 Å². The maximum Gasteiger partial charge on any atom is 0.0471 e. The minimum atomic E-state index is 0.397. The Hall–Kier alpha value is -0.900. The lowest BCUT2D eigenvalue weighted by molar-refractivity contribution is 0.203. The van der Waals surface area contributed by atoms with Crippen molar-refractivity contribution in [2.45, 2.75) is 31.3 Å². The highest BCUT2D eigenvalue weighted by Crippen LogP contribution is 2.27. The molecule has 0 aromatic heterocycles. The van der Waals surface area contributed by atoms with E-state index in [0.29, 0.717) is 6.04 Å². The standard InChI is InChI=1S/C16H25N3/c17-12-16(14-6-2-1-3-7-14)19-11-8-15(13-19)18-9-4-5-10-18/h1-3,6-7,15-16H,4-5,8-13,17H2. The molecule has 1 aromatic carbocycles. The maximum atomic E-state index is 6.03. The average Bonchev–Trinajstić information content (AvgIpc) is 3.11. The molecule has 2 aliphatic rings. The topological polar surface area (TPSA) is 32.5 Å². The molecule has 2 heterocycles. The van der Waals surface area contributed by atoms with Crippen molar-refractivity contribution in [1.82, 2.24) is 9.80 Å². The van der Waals surface area contributed by atoms with Crippen LogP contribution < -0.4 is 5.73 Å². The largest absolute Gasteiger partial charge is 0.329 e. The van der Waals surface area contributed by atoms with E-state index in [4.69, 9.17) is 5.73 Å². The Labute approximate surface area is 116 Å². The first-order chi connectivity index (χ1) is 9.38. The summed E-state index contributed by atoms with van der Waals surface area (Å²) in [7, 11) is 0. The molecule has 0 bridgehead atoms. The lowest BCUT2D eigenvalue weighted by Gasteiger charge is -2.29. The predicted octanol–water partition coefficient (Wildman–Crippen LogP) is 1.86. The second-order valence-corrected chi connectivity index (χ2v) is 5.84. The molecule has 0 spiro atoms. The smallest absolute Gasteiger partial charge is 0.0471 e. The summed E-state index contributed by atoms with van der Waals surface area (Å²) in [5.41, 5.74) is 7.40. The van der Waals surface area contributed by atoms with Crippen LogP contribution in [0.2, 0.25) is 0 Å². The van der Waals surface area contributed by atoms with E-state index in [2.05, 4.69) is 40.1 Å². The fourth-order valence-corrected chi connectivity index (χ4v) is 3.63. The number of hydrogen-bond donors (Lipinski definition) is 1. The summed E-state index contributed by atoms with van der Waals surface area (Å²) < 4.78 is 0. The van der Waals surface area contributed by atoms with E-state index < -0.39 is 0 Å². The highest BCUT2D eigenvalue weighted by molar-refractivity contribution is 5.19. The molecule has 2 atom stereocenters. The monoisotopic (exact) mass is 259 g/mol. The molecule has 2 aliphatic heterocycles. The van der Waals surface area contributed by atoms with Crippen molar-refractivity contribution >= 4 is 0 Å². The number of benzene rings is 1. The number of hydrogen-bond acceptors (Lipinski definition) is 3. The van der Waals surface area contributed by atoms with Crippen molar-refractivity contribution in [2.24, 2.45) is 5.73 Å². The first-order valence-electron chi connectivity index (χ1n) is 7.61. The molecule has 104 valence electrons. The zero-order chi connectivity index (χ0) is 13.1. The third kappa shape index (κ3) is 2.83. The summed E-state index contributed by atoms with van der Waals surface area (Å²) in [6.45, 7) is 5.71. The first kappa shape index (κ1) is 13.1. The van der Waals surface area contributed by atoms with Gasteiger partial charge in [0.15, 0.2) is 0 Å². The molecule has 3 heteroatoms. The number of nitrogens with two attached hydrogens (primary N) is 1. The first-order valence-corrected chi connectivity index (χ1v) is 7.61. The van der Waals surface area contributed by atoms with E-state index in [0.717, 1.165) is 12.6 Å². The summed E-state index contributed by atoms with van der Waals surface area (Å²) >= 11 is 0. The fraction of sp³-hybridized carbons (Fsp3) is 0.625. The van der Waals surface area contributed by atoms with Gasteiger partial charge in [-0.05, 0) is 37.9 Å². The van der Waals surface area contributed by atoms with Gasteiger partial charge in [0.05, 0.1) is 0 Å². The van der Waals surface area contributed by atoms with Crippen LogP contribution in [0.5, 0.6) is 0 Å². The Morgan fingerprint density at radius 1 is 1.11 bits per heavy atom. The van der Waals surface area contributed by atoms with Crippen LogP contribution in [0.15, 0.2) is 30.3 Å². The third-order valence-electron chi connectivity index (χ3n) is 4.70. The van der Waals surface area contributed by atoms with Gasteiger partial charge in [-0.1, -0.05) is 30.3 Å². The second-order valence-electron chi connectivity index (χ2n) is 5.84. The Morgan fingerprint density at radius 3 is 2.53 bits per heavy atom. The molecular formula is C16H25N3. The van der Waals surface area contributed by atoms with Crippen molar-refractivity contribution in [2.75, 3.05) is 32.7 Å². The molecule has 3 nitrogen and oxygen atoms in total. The summed E-state index contributed by atoms with van der Waals surface area (Å²) in [5, 5.41) is 0. The van der Waals surface area contributed by atoms with E-state index in [1.54, 1.807) is 0 Å². The van der Waals surface area contributed by atoms with Crippen LogP contribution in [-0.4, -0.2) is 48.6 Å². The van der Waals surface area contributed by atoms with E-state index in [1.165, 1.54) is 51.0 Å². The Bertz CT molecular complexity index is 386. The lowest BCUT2D eigenvalue weighted by Crippen LogP contribution is -2.38. The maximum absolute atomic E-state index is 6.03. The van der Waals surface area contributed by atoms with Gasteiger partial charge in [-0.3, -0.25) is 9.80 Å². The quantitative estimate of drug-likeness (QED) is 0.896. The normalized spacial score (nSPS) is 26.9. The van der Waals surface area contributed by atoms with Gasteiger partial charge in [-0.15, -0.1) is 0 Å². The van der Waals surface area contributed by atoms with E-state index >= 15 is 0 Å². The molecule has 2 saturated heterocycles. The molecule has 2 N–H and O–H groups in total. The summed E-state index contributed by atoms with van der Waals surface area (Å²) in [5.74, 6) is 0. The number of nitrogens with zero attached hydrogens (tertiary/aromatic N) is 2. The molecule has 0 amide bonds. The SMILES string of the molecule is NCC(c1ccccc1)N1CCC(N2CCCC2)C1. The average molecular weight is 259 g/mol. The molecule has 19 heavy (non-hydrogen) atoms. The van der Waals surface area contributed by atoms with Gasteiger partial charge in [0.2, 0.25) is 0 Å². The van der Waals surface area contributed by atoms with E-state index in [1.807, 2.05) is 0 Å². The lowest BCUT2D eigenvalue weighted by atomic mass is 10.1. The Morgan fingerprint density at radius 2 is 1.84 bits per heavy atom. The van der Waals surface area contributed by atoms with E-state index in [9.17, 15) is 0 Å². The zero-order valence-corrected chi connectivity index (χ0v) is 11.7. The van der Waals surface area contributed by atoms with Gasteiger partial charge >= 0.3 is 0 Å². The van der Waals surface area contributed by atoms with Crippen LogP contribution in [0.1, 0.15) is 30.9 Å². The summed E-state index contributed by atoms with van der Waals surface area (Å²) in [4.78, 5) is 5.26. The van der Waals surface area contributed by atoms with Gasteiger partial charge in [-0.2, -0.15) is 0 Å². The molecule has 0 aliphatic carbocycles. The van der Waals surface area contributed by atoms with E-state index in [-0.39, 0.29) is 0 Å². The highest BCUT2D eigenvalue weighted by atomic mass is 15.3. The summed E-state index contributed by atoms with van der Waals surface area (Å²) in [6.07, 6.45) is 4.08. The second kappa shape index (κ2) is 6.04. The van der Waals surface area contributed by atoms with Gasteiger partial charge in [-0.25, -0.2) is 0 Å². The highest BCUT2D eigenvalue weighted by Gasteiger charge is 2.32. The number of rotatable bonds is 4. The van der Waals surface area contributed by atoms with Crippen LogP contribution in [0.25, 0.3) is 0 Å². The number of likely N-dealkylation sites (tertiary alicyclic amines) is 2. The molecule has 2 fully saturated rings. The van der Waals surface area contributed by atoms with Gasteiger partial charge in [0, 0.05) is 31.7 Å². The van der Waals surface area contributed by atoms with Crippen LogP contribution in [0.3, 0.4) is 0 Å². The zero-order valence-electron chi connectivity index (χ0n) is 11.7. The van der Waals surface area contributed by atoms with Crippen LogP contribution in [0, 0.1) is 0 Å². The van der Waals surface area contributed by atoms with Crippen LogP contribution in [-0.2, 0) is 0 Å². The van der Waals surface area contributed by atoms with Crippen molar-refractivity contribution in [3.8, 4) is 0 Å². The molecular weight excluding hydrogens is 234 g/mol. The Balaban J connectivity index is 1.65. The third-order valence-corrected chi connectivity index (χ3v) is 4.70. The van der Waals surface area contributed by atoms with Gasteiger partial charge in [0.25, 0.3) is 0 Å². The minimum absolute atomic E-state index is 0.397. The van der Waals surface area contributed by atoms with Crippen molar-refractivity contribution in [3.63, 3.8) is 0 Å². The molecule has 1 aromatic rings. The van der Waals surface area contributed by atoms with Crippen molar-refractivity contribution < 1.29 is 0 Å². The minimum Gasteiger partial charge on any atom is -0.329 e. The molecule has 2 unspecified atom stereocenters. The Kier molecular flexibility index (Phi) is 4.16. The summed E-state index contributed by atoms with van der Waals surface area (Å²) in [6, 6.07) is 11.9. The molecule has 3 rings (SSSR count). The molecule has 0 radical (unpaired) electrons. The van der Waals surface area contributed by atoms with Crippen LogP contribution >= 0.6 is 0 Å². The van der Waals surface area contributed by atoms with Gasteiger partial charge in [0.1, 0.15) is 0 Å². The van der Waals surface area contributed by atoms with Gasteiger partial charge < -0.3 is 5.73 Å². The fourth-order valence-electron chi connectivity index (χ4n) is 3.63. The van der Waals surface area contributed by atoms with Crippen molar-refractivity contribution in [1.29, 1.82) is 0 Å².